The molecule has 0 saturated heterocycles. The van der Waals surface area contributed by atoms with Crippen LogP contribution in [0, 0.1) is 0 Å². The number of nitrogen functional groups attached to an aromatic ring is 1. The molecule has 2 aromatic rings. The lowest BCUT2D eigenvalue weighted by Crippen LogP contribution is -2.11. The smallest absolute Gasteiger partial charge is 0.437 e. The Labute approximate surface area is 105 Å². The number of hydrogen-bond donors (Lipinski definition) is 1. The van der Waals surface area contributed by atoms with E-state index in [9.17, 15) is 4.79 Å². The van der Waals surface area contributed by atoms with Crippen LogP contribution in [-0.4, -0.2) is 18.2 Å². The molecule has 1 heterocycles. The first-order valence-corrected chi connectivity index (χ1v) is 5.60. The van der Waals surface area contributed by atoms with Crippen molar-refractivity contribution in [3.8, 4) is 5.75 Å². The van der Waals surface area contributed by atoms with Gasteiger partial charge in [0.2, 0.25) is 0 Å². The Balaban J connectivity index is 2.62. The molecular formula is C13H14N2O3. The van der Waals surface area contributed by atoms with Crippen molar-refractivity contribution in [3.63, 3.8) is 0 Å². The van der Waals surface area contributed by atoms with Gasteiger partial charge in [-0.25, -0.2) is 9.78 Å². The van der Waals surface area contributed by atoms with Crippen LogP contribution in [0.2, 0.25) is 0 Å². The number of aryl methyl sites for hydroxylation is 1. The second-order valence-electron chi connectivity index (χ2n) is 3.73. The number of ether oxygens (including phenoxy) is 2. The van der Waals surface area contributed by atoms with Crippen molar-refractivity contribution >= 4 is 22.7 Å². The van der Waals surface area contributed by atoms with Gasteiger partial charge in [0.1, 0.15) is 0 Å². The van der Waals surface area contributed by atoms with Crippen LogP contribution in [0.3, 0.4) is 0 Å². The summed E-state index contributed by atoms with van der Waals surface area (Å²) in [6.07, 6.45) is -0.185. The fraction of sp³-hybridized carbons (Fsp3) is 0.231. The average molecular weight is 246 g/mol. The molecule has 0 radical (unpaired) electrons. The maximum Gasteiger partial charge on any atom is 0.513 e. The number of anilines is 1. The predicted molar refractivity (Wildman–Crippen MR) is 68.6 cm³/mol. The fourth-order valence-corrected chi connectivity index (χ4v) is 1.75. The van der Waals surface area contributed by atoms with Crippen molar-refractivity contribution in [1.29, 1.82) is 0 Å². The van der Waals surface area contributed by atoms with Crippen LogP contribution in [0.25, 0.3) is 10.9 Å². The molecule has 1 aromatic heterocycles. The highest BCUT2D eigenvalue weighted by atomic mass is 16.7. The van der Waals surface area contributed by atoms with Crippen LogP contribution in [0.4, 0.5) is 10.5 Å². The molecule has 0 unspecified atom stereocenters. The normalized spacial score (nSPS) is 10.3. The summed E-state index contributed by atoms with van der Waals surface area (Å²) in [5.74, 6) is 0.281. The molecule has 2 N–H and O–H groups in total. The first kappa shape index (κ1) is 12.2. The molecule has 0 aliphatic heterocycles. The van der Waals surface area contributed by atoms with E-state index in [1.807, 2.05) is 31.2 Å². The minimum absolute atomic E-state index is 0.281. The van der Waals surface area contributed by atoms with Gasteiger partial charge in [0.25, 0.3) is 0 Å². The molecule has 2 rings (SSSR count). The molecule has 0 aliphatic carbocycles. The van der Waals surface area contributed by atoms with Gasteiger partial charge in [0, 0.05) is 5.39 Å². The van der Waals surface area contributed by atoms with E-state index in [0.29, 0.717) is 17.8 Å². The van der Waals surface area contributed by atoms with Gasteiger partial charge in [-0.2, -0.15) is 0 Å². The number of para-hydroxylation sites is 1. The van der Waals surface area contributed by atoms with Crippen LogP contribution in [0.1, 0.15) is 12.6 Å². The quantitative estimate of drug-likeness (QED) is 0.824. The first-order chi connectivity index (χ1) is 8.67. The van der Waals surface area contributed by atoms with Crippen LogP contribution in [0.5, 0.6) is 5.75 Å². The average Bonchev–Trinajstić information content (AvgIpc) is 2.41. The number of benzene rings is 1. The summed E-state index contributed by atoms with van der Waals surface area (Å²) in [4.78, 5) is 15.6. The third-order valence-electron chi connectivity index (χ3n) is 2.64. The minimum atomic E-state index is -0.798. The molecule has 18 heavy (non-hydrogen) atoms. The number of carbonyl (C=O) groups excluding carboxylic acids is 1. The van der Waals surface area contributed by atoms with Gasteiger partial charge in [0.15, 0.2) is 5.75 Å². The summed E-state index contributed by atoms with van der Waals surface area (Å²) < 4.78 is 9.55. The van der Waals surface area contributed by atoms with Crippen molar-refractivity contribution in [2.45, 2.75) is 13.3 Å². The molecule has 1 aromatic carbocycles. The molecule has 0 atom stereocenters. The summed E-state index contributed by atoms with van der Waals surface area (Å²) in [5, 5.41) is 0.758. The Morgan fingerprint density at radius 1 is 1.39 bits per heavy atom. The number of pyridine rings is 1. The topological polar surface area (TPSA) is 74.4 Å². The van der Waals surface area contributed by atoms with Crippen molar-refractivity contribution in [2.24, 2.45) is 0 Å². The molecule has 0 amide bonds. The summed E-state index contributed by atoms with van der Waals surface area (Å²) in [6.45, 7) is 1.92. The van der Waals surface area contributed by atoms with Crippen LogP contribution in [-0.2, 0) is 11.2 Å². The predicted octanol–water partition coefficient (Wildman–Crippen LogP) is 2.52. The molecule has 0 aliphatic rings. The van der Waals surface area contributed by atoms with E-state index in [0.717, 1.165) is 10.9 Å². The van der Waals surface area contributed by atoms with Gasteiger partial charge < -0.3 is 15.2 Å². The summed E-state index contributed by atoms with van der Waals surface area (Å²) >= 11 is 0. The highest BCUT2D eigenvalue weighted by Crippen LogP contribution is 2.32. The third-order valence-corrected chi connectivity index (χ3v) is 2.64. The van der Waals surface area contributed by atoms with Crippen molar-refractivity contribution < 1.29 is 14.3 Å². The molecule has 94 valence electrons. The number of rotatable bonds is 2. The lowest BCUT2D eigenvalue weighted by molar-refractivity contribution is 0.121. The van der Waals surface area contributed by atoms with E-state index >= 15 is 0 Å². The van der Waals surface area contributed by atoms with Crippen LogP contribution in [0.15, 0.2) is 24.3 Å². The summed E-state index contributed by atoms with van der Waals surface area (Å²) in [6, 6.07) is 7.44. The van der Waals surface area contributed by atoms with Gasteiger partial charge in [-0.3, -0.25) is 0 Å². The Bertz CT molecular complexity index is 596. The number of hydrogen-bond acceptors (Lipinski definition) is 5. The second-order valence-corrected chi connectivity index (χ2v) is 3.73. The zero-order valence-electron chi connectivity index (χ0n) is 10.3. The maximum atomic E-state index is 11.2. The van der Waals surface area contributed by atoms with Crippen LogP contribution < -0.4 is 10.5 Å². The Morgan fingerprint density at radius 3 is 2.78 bits per heavy atom. The van der Waals surface area contributed by atoms with Gasteiger partial charge in [0.05, 0.1) is 24.0 Å². The monoisotopic (exact) mass is 246 g/mol. The third kappa shape index (κ3) is 2.07. The zero-order valence-corrected chi connectivity index (χ0v) is 10.3. The van der Waals surface area contributed by atoms with E-state index in [-0.39, 0.29) is 5.75 Å². The van der Waals surface area contributed by atoms with E-state index in [1.54, 1.807) is 0 Å². The van der Waals surface area contributed by atoms with Crippen molar-refractivity contribution in [2.75, 3.05) is 12.8 Å². The van der Waals surface area contributed by atoms with Crippen molar-refractivity contribution in [3.05, 3.63) is 30.0 Å². The molecule has 0 fully saturated rings. The molecule has 5 heteroatoms. The van der Waals surface area contributed by atoms with Gasteiger partial charge in [-0.1, -0.05) is 25.1 Å². The highest BCUT2D eigenvalue weighted by molar-refractivity contribution is 5.94. The number of aromatic nitrogens is 1. The van der Waals surface area contributed by atoms with Gasteiger partial charge >= 0.3 is 6.16 Å². The summed E-state index contributed by atoms with van der Waals surface area (Å²) in [7, 11) is 1.25. The van der Waals surface area contributed by atoms with Crippen molar-refractivity contribution in [1.82, 2.24) is 4.98 Å². The summed E-state index contributed by atoms with van der Waals surface area (Å²) in [5.41, 5.74) is 7.85. The van der Waals surface area contributed by atoms with E-state index in [1.165, 1.54) is 7.11 Å². The van der Waals surface area contributed by atoms with Gasteiger partial charge in [-0.05, 0) is 12.5 Å². The lowest BCUT2D eigenvalue weighted by Gasteiger charge is -2.12. The van der Waals surface area contributed by atoms with E-state index in [4.69, 9.17) is 10.5 Å². The molecular weight excluding hydrogens is 232 g/mol. The molecule has 0 bridgehead atoms. The Morgan fingerprint density at radius 2 is 2.11 bits per heavy atom. The minimum Gasteiger partial charge on any atom is -0.437 e. The number of carbonyl (C=O) groups is 1. The Hall–Kier alpha value is -2.30. The lowest BCUT2D eigenvalue weighted by atomic mass is 10.1. The number of fused-ring (bicyclic) bond motifs is 1. The van der Waals surface area contributed by atoms with E-state index < -0.39 is 6.16 Å². The Kier molecular flexibility index (Phi) is 3.32. The van der Waals surface area contributed by atoms with Gasteiger partial charge in [-0.15, -0.1) is 0 Å². The SMILES string of the molecule is CCc1nc2ccccc2c(N)c1OC(=O)OC. The number of nitrogens with zero attached hydrogens (tertiary/aromatic N) is 1. The number of methoxy groups -OCH3 is 1. The first-order valence-electron chi connectivity index (χ1n) is 5.60. The zero-order chi connectivity index (χ0) is 13.1. The number of nitrogens with two attached hydrogens (primary N) is 1. The maximum absolute atomic E-state index is 11.2. The largest absolute Gasteiger partial charge is 0.513 e. The standard InChI is InChI=1S/C13H14N2O3/c1-3-9-12(18-13(16)17-2)11(14)8-6-4-5-7-10(8)15-9/h4-7H,3H2,1-2H3,(H2,14,15). The molecule has 5 nitrogen and oxygen atoms in total. The highest BCUT2D eigenvalue weighted by Gasteiger charge is 2.16. The van der Waals surface area contributed by atoms with Crippen LogP contribution >= 0.6 is 0 Å². The fourth-order valence-electron chi connectivity index (χ4n) is 1.75. The molecule has 0 saturated carbocycles. The van der Waals surface area contributed by atoms with E-state index in [2.05, 4.69) is 9.72 Å². The second kappa shape index (κ2) is 4.91. The molecule has 0 spiro atoms.